The van der Waals surface area contributed by atoms with Gasteiger partial charge < -0.3 is 0 Å². The molecule has 0 spiro atoms. The third-order valence-corrected chi connectivity index (χ3v) is 0. The third-order valence-electron chi connectivity index (χ3n) is 0. The number of hydrogen-bond acceptors (Lipinski definition) is 0. The zero-order valence-electron chi connectivity index (χ0n) is 2.58. The zero-order valence-corrected chi connectivity index (χ0v) is 13.7. The van der Waals surface area contributed by atoms with Crippen LogP contribution in [0.4, 0.5) is 0 Å². The topological polar surface area (TPSA) is 0 Å². The average Bonchev–Trinajstić information content (AvgIpc) is 0.592. The van der Waals surface area contributed by atoms with Crippen molar-refractivity contribution in [3.63, 3.8) is 0 Å². The van der Waals surface area contributed by atoms with Crippen molar-refractivity contribution in [3.05, 3.63) is 0 Å². The minimum atomic E-state index is -3.04. The van der Waals surface area contributed by atoms with Crippen molar-refractivity contribution in [2.45, 2.75) is 0 Å². The van der Waals surface area contributed by atoms with Gasteiger partial charge in [-0.15, -0.1) is 0 Å². The van der Waals surface area contributed by atoms with Gasteiger partial charge in [-0.3, -0.25) is 0 Å². The molecule has 0 aromatic heterocycles. The summed E-state index contributed by atoms with van der Waals surface area (Å²) < 4.78 is -3.04. The monoisotopic (exact) mass is 579 g/mol. The molecule has 0 aromatic carbocycles. The average molecular weight is 586 g/mol. The van der Waals surface area contributed by atoms with E-state index in [4.69, 9.17) is 0 Å². The van der Waals surface area contributed by atoms with Crippen LogP contribution in [0.1, 0.15) is 0 Å². The van der Waals surface area contributed by atoms with E-state index in [2.05, 4.69) is 80.6 Å². The van der Waals surface area contributed by atoms with E-state index < -0.39 is 0.992 Å². The second-order valence-corrected chi connectivity index (χ2v) is 108. The molecule has 0 aliphatic heterocycles. The molecule has 0 radical (unpaired) electrons. The van der Waals surface area contributed by atoms with Crippen LogP contribution in [0.25, 0.3) is 0 Å². The molecule has 0 fully saturated rings. The quantitative estimate of drug-likeness (QED) is 0.349. The van der Waals surface area contributed by atoms with Crippen LogP contribution >= 0.6 is 80.6 Å². The van der Waals surface area contributed by atoms with E-state index in [-0.39, 0.29) is 0 Å². The summed E-state index contributed by atoms with van der Waals surface area (Å²) >= 11 is 20.0. The van der Waals surface area contributed by atoms with Gasteiger partial charge in [-0.1, -0.05) is 0 Å². The van der Waals surface area contributed by atoms with E-state index >= 15 is 0 Å². The van der Waals surface area contributed by atoms with Gasteiger partial charge in [0.15, 0.2) is 0 Å². The predicted molar refractivity (Wildman–Crippen MR) is 53.6 cm³/mol. The van der Waals surface area contributed by atoms with Crippen molar-refractivity contribution in [1.82, 2.24) is 0 Å². The normalized spacial score (nSPS) is 23.1. The molecule has 0 saturated carbocycles. The van der Waals surface area contributed by atoms with Gasteiger partial charge in [0.1, 0.15) is 0 Å². The van der Waals surface area contributed by atoms with Gasteiger partial charge >= 0.3 is 81.6 Å². The van der Waals surface area contributed by atoms with E-state index in [1.165, 1.54) is 0 Å². The van der Waals surface area contributed by atoms with Crippen LogP contribution in [0, 0.1) is 0 Å². The maximum atomic E-state index is 3.33. The Morgan fingerprint density at radius 3 is 0.571 bits per heavy atom. The molecule has 0 saturated heterocycles. The molecule has 0 rings (SSSR count). The van der Waals surface area contributed by atoms with Crippen molar-refractivity contribution >= 4 is 80.6 Å². The van der Waals surface area contributed by atoms with E-state index in [1.807, 2.05) is 0 Å². The molecule has 0 atom stereocenters. The van der Waals surface area contributed by atoms with Gasteiger partial charge in [0.2, 0.25) is 0 Å². The van der Waals surface area contributed by atoms with E-state index in [0.29, 0.717) is 0 Å². The van der Waals surface area contributed by atoms with Crippen LogP contribution in [0.2, 0.25) is 0 Å². The minimum absolute atomic E-state index is 3.04. The second kappa shape index (κ2) is 2.03. The summed E-state index contributed by atoms with van der Waals surface area (Å²) in [6.07, 6.45) is 0. The summed E-state index contributed by atoms with van der Waals surface area (Å²) in [6.45, 7) is 0. The van der Waals surface area contributed by atoms with Crippen LogP contribution in [-0.4, -0.2) is 0 Å². The Morgan fingerprint density at radius 2 is 0.571 bits per heavy atom. The molecular formula is Br6Pd. The number of rotatable bonds is 0. The Bertz CT molecular complexity index is 62.7. The first-order valence-corrected chi connectivity index (χ1v) is 22.0. The molecule has 0 bridgehead atoms. The fourth-order valence-electron chi connectivity index (χ4n) is 0. The second-order valence-electron chi connectivity index (χ2n) is 0.678. The summed E-state index contributed by atoms with van der Waals surface area (Å²) in [7, 11) is 0. The van der Waals surface area contributed by atoms with Crippen molar-refractivity contribution in [2.24, 2.45) is 0 Å². The Morgan fingerprint density at radius 1 is 0.571 bits per heavy atom. The molecule has 0 aliphatic rings. The van der Waals surface area contributed by atoms with E-state index in [0.717, 1.165) is 0 Å². The molecular weight excluding hydrogens is 586 g/mol. The number of halogens is 6. The third kappa shape index (κ3) is 43.3. The maximum absolute atomic E-state index is 3.33. The first-order chi connectivity index (χ1) is 2.45. The summed E-state index contributed by atoms with van der Waals surface area (Å²) in [5.74, 6) is 0. The fraction of sp³-hybridized carbons (Fsp3) is 0. The fourth-order valence-corrected chi connectivity index (χ4v) is 0. The summed E-state index contributed by atoms with van der Waals surface area (Å²) in [5.41, 5.74) is 0. The molecule has 0 aliphatic carbocycles. The van der Waals surface area contributed by atoms with E-state index in [9.17, 15) is 0 Å². The van der Waals surface area contributed by atoms with Gasteiger partial charge in [0.25, 0.3) is 0 Å². The van der Waals surface area contributed by atoms with Gasteiger partial charge in [0.05, 0.1) is 0 Å². The van der Waals surface area contributed by atoms with Crippen LogP contribution in [0.15, 0.2) is 0 Å². The van der Waals surface area contributed by atoms with Crippen LogP contribution in [0.3, 0.4) is 0 Å². The Hall–Kier alpha value is 3.54. The van der Waals surface area contributed by atoms with Gasteiger partial charge in [0, 0.05) is 0 Å². The van der Waals surface area contributed by atoms with Gasteiger partial charge in [-0.2, -0.15) is 0 Å². The first kappa shape index (κ1) is 10.5. The SMILES string of the molecule is [Br][Pd]([Br])([Br])([Br])([Br])[Br]. The van der Waals surface area contributed by atoms with Crippen molar-refractivity contribution in [1.29, 1.82) is 0 Å². The van der Waals surface area contributed by atoms with Gasteiger partial charge in [-0.05, 0) is 0 Å². The Kier molecular flexibility index (Phi) is 3.05. The van der Waals surface area contributed by atoms with Crippen molar-refractivity contribution in [3.8, 4) is 0 Å². The summed E-state index contributed by atoms with van der Waals surface area (Å²) in [4.78, 5) is 0. The van der Waals surface area contributed by atoms with Crippen LogP contribution < -0.4 is 0 Å². The summed E-state index contributed by atoms with van der Waals surface area (Å²) in [5, 5.41) is 0. The molecule has 7 heavy (non-hydrogen) atoms. The molecule has 0 amide bonds. The number of hydrogen-bond donors (Lipinski definition) is 0. The van der Waals surface area contributed by atoms with Crippen LogP contribution in [0.5, 0.6) is 0 Å². The van der Waals surface area contributed by atoms with Crippen molar-refractivity contribution < 1.29 is 0.992 Å². The van der Waals surface area contributed by atoms with Crippen molar-refractivity contribution in [2.75, 3.05) is 0 Å². The molecule has 0 heterocycles. The Labute approximate surface area is 79.5 Å². The summed E-state index contributed by atoms with van der Waals surface area (Å²) in [6, 6.07) is 0. The molecule has 0 unspecified atom stereocenters. The molecule has 0 aromatic rings. The zero-order chi connectivity index (χ0) is 6.41. The van der Waals surface area contributed by atoms with Gasteiger partial charge in [-0.25, -0.2) is 0 Å². The van der Waals surface area contributed by atoms with E-state index in [1.54, 1.807) is 0 Å². The molecule has 0 N–H and O–H groups in total. The Balaban J connectivity index is 4.43. The first-order valence-electron chi connectivity index (χ1n) is 0.717. The standard InChI is InChI=1S/6BrH.Pd/h6*1H;/q;;;;;;+6/p-6. The molecule has 0 nitrogen and oxygen atoms in total. The predicted octanol–water partition coefficient (Wildman–Crippen LogP) is 5.07. The van der Waals surface area contributed by atoms with Crippen LogP contribution in [-0.2, 0) is 0.992 Å². The molecule has 7 heteroatoms. The molecule has 52 valence electrons.